The van der Waals surface area contributed by atoms with Crippen LogP contribution in [0.4, 0.5) is 8.78 Å². The van der Waals surface area contributed by atoms with E-state index in [0.29, 0.717) is 42.4 Å². The zero-order chi connectivity index (χ0) is 24.1. The van der Waals surface area contributed by atoms with Crippen molar-refractivity contribution >= 4 is 15.9 Å². The minimum absolute atomic E-state index is 0.0511. The van der Waals surface area contributed by atoms with Gasteiger partial charge in [-0.15, -0.1) is 0 Å². The fraction of sp³-hybridized carbons (Fsp3) is 0.480. The van der Waals surface area contributed by atoms with Gasteiger partial charge in [0.25, 0.3) is 5.91 Å². The van der Waals surface area contributed by atoms with Crippen molar-refractivity contribution < 1.29 is 27.1 Å². The van der Waals surface area contributed by atoms with Crippen LogP contribution in [0.5, 0.6) is 0 Å². The van der Waals surface area contributed by atoms with E-state index in [0.717, 1.165) is 6.42 Å². The van der Waals surface area contributed by atoms with E-state index in [2.05, 4.69) is 4.72 Å². The van der Waals surface area contributed by atoms with Gasteiger partial charge >= 0.3 is 0 Å². The molecule has 2 saturated carbocycles. The Morgan fingerprint density at radius 3 is 2.38 bits per heavy atom. The van der Waals surface area contributed by atoms with Crippen LogP contribution < -0.4 is 4.72 Å². The maximum Gasteiger partial charge on any atom is 0.254 e. The molecule has 1 amide bonds. The smallest absolute Gasteiger partial charge is 0.254 e. The number of sulfonamides is 1. The van der Waals surface area contributed by atoms with Crippen molar-refractivity contribution in [1.82, 2.24) is 9.62 Å². The molecule has 1 aliphatic heterocycles. The fourth-order valence-corrected chi connectivity index (χ4v) is 6.30. The van der Waals surface area contributed by atoms with Gasteiger partial charge in [0.05, 0.1) is 6.04 Å². The van der Waals surface area contributed by atoms with E-state index in [9.17, 15) is 22.7 Å². The number of amides is 1. The minimum atomic E-state index is -4.21. The zero-order valence-electron chi connectivity index (χ0n) is 18.7. The van der Waals surface area contributed by atoms with E-state index in [1.807, 2.05) is 18.2 Å². The van der Waals surface area contributed by atoms with Crippen LogP contribution in [0.15, 0.2) is 48.5 Å². The molecule has 0 bridgehead atoms. The summed E-state index contributed by atoms with van der Waals surface area (Å²) in [6, 6.07) is 11.1. The number of aliphatic hydroxyl groups is 1. The van der Waals surface area contributed by atoms with Crippen molar-refractivity contribution in [1.29, 1.82) is 0 Å². The Balaban J connectivity index is 1.52. The highest BCUT2D eigenvalue weighted by Crippen LogP contribution is 2.56. The van der Waals surface area contributed by atoms with Crippen molar-refractivity contribution in [3.8, 4) is 11.1 Å². The molecule has 9 heteroatoms. The summed E-state index contributed by atoms with van der Waals surface area (Å²) in [6.07, 6.45) is 2.84. The van der Waals surface area contributed by atoms with E-state index < -0.39 is 50.9 Å². The normalized spacial score (nSPS) is 24.7. The number of nitrogens with one attached hydrogen (secondary N) is 1. The van der Waals surface area contributed by atoms with Crippen LogP contribution in [0, 0.1) is 11.2 Å². The maximum atomic E-state index is 15.6. The summed E-state index contributed by atoms with van der Waals surface area (Å²) in [6.45, 7) is 0.262. The molecule has 1 saturated heterocycles. The number of nitrogens with zero attached hydrogens (tertiary/aromatic N) is 1. The highest BCUT2D eigenvalue weighted by atomic mass is 32.2. The first kappa shape index (κ1) is 23.4. The van der Waals surface area contributed by atoms with Crippen LogP contribution in [0.3, 0.4) is 0 Å². The van der Waals surface area contributed by atoms with Gasteiger partial charge in [0.1, 0.15) is 11.4 Å². The summed E-state index contributed by atoms with van der Waals surface area (Å²) in [4.78, 5) is 14.9. The van der Waals surface area contributed by atoms with Crippen molar-refractivity contribution in [3.63, 3.8) is 0 Å². The molecule has 3 aliphatic rings. The molecule has 2 atom stereocenters. The molecule has 2 aliphatic carbocycles. The number of likely N-dealkylation sites (tertiary alicyclic amines) is 1. The molecule has 2 aromatic rings. The van der Waals surface area contributed by atoms with Crippen LogP contribution in [0.25, 0.3) is 11.1 Å². The average Bonchev–Trinajstić information content (AvgIpc) is 3.54. The van der Waals surface area contributed by atoms with Crippen molar-refractivity contribution in [3.05, 3.63) is 59.9 Å². The van der Waals surface area contributed by atoms with E-state index in [1.165, 1.54) is 4.90 Å². The Morgan fingerprint density at radius 2 is 1.79 bits per heavy atom. The SMILES string of the molecule is O=C(N1CC2(CC2)C(NS(=O)(=O)CF)C1Cc1cccc(-c2ccccc2)c1F)C1(O)CCC1. The van der Waals surface area contributed by atoms with Gasteiger partial charge in [0, 0.05) is 23.6 Å². The van der Waals surface area contributed by atoms with Crippen LogP contribution >= 0.6 is 0 Å². The number of hydrogen-bond acceptors (Lipinski definition) is 4. The van der Waals surface area contributed by atoms with Gasteiger partial charge in [-0.1, -0.05) is 48.5 Å². The van der Waals surface area contributed by atoms with Crippen LogP contribution in [-0.2, 0) is 21.2 Å². The van der Waals surface area contributed by atoms with Crippen LogP contribution in [-0.4, -0.2) is 54.6 Å². The third kappa shape index (κ3) is 4.03. The number of alkyl halides is 1. The van der Waals surface area contributed by atoms with Gasteiger partial charge in [-0.05, 0) is 49.7 Å². The number of carbonyl (C=O) groups excluding carboxylic acids is 1. The first-order valence-corrected chi connectivity index (χ1v) is 13.3. The lowest BCUT2D eigenvalue weighted by atomic mass is 9.79. The summed E-state index contributed by atoms with van der Waals surface area (Å²) in [5.41, 5.74) is -0.526. The van der Waals surface area contributed by atoms with E-state index in [1.54, 1.807) is 30.3 Å². The lowest BCUT2D eigenvalue weighted by Crippen LogP contribution is -2.57. The molecule has 1 spiro atoms. The Kier molecular flexibility index (Phi) is 5.77. The second kappa shape index (κ2) is 8.39. The highest BCUT2D eigenvalue weighted by molar-refractivity contribution is 7.89. The van der Waals surface area contributed by atoms with Gasteiger partial charge < -0.3 is 10.0 Å². The van der Waals surface area contributed by atoms with E-state index in [4.69, 9.17) is 0 Å². The minimum Gasteiger partial charge on any atom is -0.380 e. The quantitative estimate of drug-likeness (QED) is 0.624. The van der Waals surface area contributed by atoms with Gasteiger partial charge in [-0.2, -0.15) is 0 Å². The van der Waals surface area contributed by atoms with Crippen molar-refractivity contribution in [2.24, 2.45) is 5.41 Å². The number of halogens is 2. The van der Waals surface area contributed by atoms with Crippen molar-refractivity contribution in [2.45, 2.75) is 56.2 Å². The molecule has 1 heterocycles. The summed E-state index contributed by atoms with van der Waals surface area (Å²) in [5, 5.41) is 10.8. The van der Waals surface area contributed by atoms with Gasteiger partial charge in [0.15, 0.2) is 0 Å². The summed E-state index contributed by atoms with van der Waals surface area (Å²) < 4.78 is 55.7. The third-order valence-corrected chi connectivity index (χ3v) is 8.61. The maximum absolute atomic E-state index is 15.6. The van der Waals surface area contributed by atoms with E-state index in [-0.39, 0.29) is 13.0 Å². The molecule has 6 nitrogen and oxygen atoms in total. The topological polar surface area (TPSA) is 86.7 Å². The second-order valence-electron chi connectivity index (χ2n) is 9.92. The van der Waals surface area contributed by atoms with E-state index >= 15 is 4.39 Å². The van der Waals surface area contributed by atoms with Gasteiger partial charge in [0.2, 0.25) is 16.0 Å². The number of rotatable bonds is 7. The number of carbonyl (C=O) groups is 1. The van der Waals surface area contributed by atoms with Crippen LogP contribution in [0.1, 0.15) is 37.7 Å². The third-order valence-electron chi connectivity index (χ3n) is 7.70. The molecule has 0 radical (unpaired) electrons. The average molecular weight is 491 g/mol. The largest absolute Gasteiger partial charge is 0.380 e. The Morgan fingerprint density at radius 1 is 1.09 bits per heavy atom. The monoisotopic (exact) mass is 490 g/mol. The lowest BCUT2D eigenvalue weighted by Gasteiger charge is -2.40. The number of hydrogen-bond donors (Lipinski definition) is 2. The molecule has 182 valence electrons. The highest BCUT2D eigenvalue weighted by Gasteiger charge is 2.63. The Labute approximate surface area is 198 Å². The fourth-order valence-electron chi connectivity index (χ4n) is 5.45. The molecule has 3 fully saturated rings. The standard InChI is InChI=1S/C25H28F2N2O4S/c26-16-34(32,33)28-22-20(29(15-24(22)12-13-24)23(30)25(31)10-5-11-25)14-18-8-4-9-19(21(18)27)17-6-2-1-3-7-17/h1-4,6-9,20,22,28,31H,5,10-16H2. The molecular weight excluding hydrogens is 462 g/mol. The Hall–Kier alpha value is -2.36. The molecule has 5 rings (SSSR count). The summed E-state index contributed by atoms with van der Waals surface area (Å²) in [5.74, 6) is -0.885. The molecule has 34 heavy (non-hydrogen) atoms. The summed E-state index contributed by atoms with van der Waals surface area (Å²) in [7, 11) is -4.21. The predicted molar refractivity (Wildman–Crippen MR) is 123 cm³/mol. The van der Waals surface area contributed by atoms with Crippen molar-refractivity contribution in [2.75, 3.05) is 12.6 Å². The lowest BCUT2D eigenvalue weighted by molar-refractivity contribution is -0.161. The number of benzene rings is 2. The predicted octanol–water partition coefficient (Wildman–Crippen LogP) is 3.16. The molecular formula is C25H28F2N2O4S. The second-order valence-corrected chi connectivity index (χ2v) is 11.6. The zero-order valence-corrected chi connectivity index (χ0v) is 19.5. The van der Waals surface area contributed by atoms with Gasteiger partial charge in [-0.25, -0.2) is 21.9 Å². The first-order chi connectivity index (χ1) is 16.2. The molecule has 0 aromatic heterocycles. The van der Waals surface area contributed by atoms with Crippen LogP contribution in [0.2, 0.25) is 0 Å². The molecule has 2 aromatic carbocycles. The Bertz CT molecular complexity index is 1200. The molecule has 2 unspecified atom stereocenters. The van der Waals surface area contributed by atoms with Gasteiger partial charge in [-0.3, -0.25) is 4.79 Å². The first-order valence-electron chi connectivity index (χ1n) is 11.6. The molecule has 2 N–H and O–H groups in total. The summed E-state index contributed by atoms with van der Waals surface area (Å²) >= 11 is 0.